The van der Waals surface area contributed by atoms with Gasteiger partial charge in [0.2, 0.25) is 11.0 Å². The van der Waals surface area contributed by atoms with Crippen LogP contribution in [0.4, 0.5) is 10.8 Å². The molecule has 2 aromatic heterocycles. The van der Waals surface area contributed by atoms with Crippen molar-refractivity contribution < 1.29 is 9.59 Å². The van der Waals surface area contributed by atoms with Gasteiger partial charge in [-0.3, -0.25) is 20.4 Å². The number of benzene rings is 1. The average molecular weight is 440 g/mol. The number of carbonyl (C=O) groups is 2. The fraction of sp³-hybridized carbons (Fsp3) is 0.125. The lowest BCUT2D eigenvalue weighted by Gasteiger charge is -2.05. The minimum absolute atomic E-state index is 0.107. The summed E-state index contributed by atoms with van der Waals surface area (Å²) in [6, 6.07) is 9.07. The van der Waals surface area contributed by atoms with Gasteiger partial charge in [-0.2, -0.15) is 0 Å². The van der Waals surface area contributed by atoms with Crippen LogP contribution >= 0.6 is 46.0 Å². The summed E-state index contributed by atoms with van der Waals surface area (Å²) in [5.41, 5.74) is 6.55. The predicted molar refractivity (Wildman–Crippen MR) is 110 cm³/mol. The van der Waals surface area contributed by atoms with Gasteiger partial charge in [0, 0.05) is 10.7 Å². The minimum atomic E-state index is -0.345. The van der Waals surface area contributed by atoms with Crippen molar-refractivity contribution in [3.8, 4) is 0 Å². The number of thiophene rings is 1. The predicted octanol–water partition coefficient (Wildman–Crippen LogP) is 3.86. The van der Waals surface area contributed by atoms with Crippen LogP contribution in [-0.4, -0.2) is 27.8 Å². The first-order chi connectivity index (χ1) is 13.0. The van der Waals surface area contributed by atoms with Gasteiger partial charge in [-0.25, -0.2) is 0 Å². The zero-order valence-electron chi connectivity index (χ0n) is 14.0. The third kappa shape index (κ3) is 5.67. The standard InChI is InChI=1S/C16H14ClN5O2S3/c1-9-4-5-10(7-11(9)17)18-15-21-22-16(27-15)26-8-13(23)19-20-14(24)12-3-2-6-25-12/h2-7H,8H2,1H3,(H,18,21)(H,19,23)(H,20,24). The van der Waals surface area contributed by atoms with Crippen molar-refractivity contribution in [1.82, 2.24) is 21.0 Å². The highest BCUT2D eigenvalue weighted by Crippen LogP contribution is 2.29. The van der Waals surface area contributed by atoms with Gasteiger partial charge < -0.3 is 5.32 Å². The van der Waals surface area contributed by atoms with E-state index < -0.39 is 0 Å². The molecular formula is C16H14ClN5O2S3. The number of aromatic nitrogens is 2. The molecule has 0 spiro atoms. The highest BCUT2D eigenvalue weighted by Gasteiger charge is 2.11. The molecule has 0 saturated heterocycles. The Morgan fingerprint density at radius 2 is 2.07 bits per heavy atom. The van der Waals surface area contributed by atoms with E-state index in [2.05, 4.69) is 26.4 Å². The first-order valence-corrected chi connectivity index (χ1v) is 10.7. The number of thioether (sulfide) groups is 1. The molecule has 27 heavy (non-hydrogen) atoms. The lowest BCUT2D eigenvalue weighted by molar-refractivity contribution is -0.119. The molecule has 0 saturated carbocycles. The highest BCUT2D eigenvalue weighted by molar-refractivity contribution is 8.01. The number of hydrogen-bond acceptors (Lipinski definition) is 8. The fourth-order valence-electron chi connectivity index (χ4n) is 1.87. The zero-order chi connectivity index (χ0) is 19.2. The lowest BCUT2D eigenvalue weighted by Crippen LogP contribution is -2.42. The number of anilines is 2. The van der Waals surface area contributed by atoms with Crippen molar-refractivity contribution in [2.24, 2.45) is 0 Å². The summed E-state index contributed by atoms with van der Waals surface area (Å²) in [6.45, 7) is 1.93. The second-order valence-corrected chi connectivity index (χ2v) is 8.79. The number of hydrogen-bond donors (Lipinski definition) is 3. The maximum Gasteiger partial charge on any atom is 0.279 e. The maximum atomic E-state index is 11.8. The molecule has 0 fully saturated rings. The smallest absolute Gasteiger partial charge is 0.279 e. The molecule has 2 heterocycles. The average Bonchev–Trinajstić information content (AvgIpc) is 3.33. The van der Waals surface area contributed by atoms with Crippen LogP contribution in [0.25, 0.3) is 0 Å². The zero-order valence-corrected chi connectivity index (χ0v) is 17.2. The Morgan fingerprint density at radius 1 is 1.22 bits per heavy atom. The molecule has 0 aliphatic carbocycles. The largest absolute Gasteiger partial charge is 0.330 e. The summed E-state index contributed by atoms with van der Waals surface area (Å²) in [4.78, 5) is 24.1. The minimum Gasteiger partial charge on any atom is -0.330 e. The van der Waals surface area contributed by atoms with E-state index in [-0.39, 0.29) is 17.6 Å². The van der Waals surface area contributed by atoms with Crippen LogP contribution in [-0.2, 0) is 4.79 Å². The molecule has 2 amide bonds. The lowest BCUT2D eigenvalue weighted by atomic mass is 10.2. The van der Waals surface area contributed by atoms with Crippen LogP contribution in [0.3, 0.4) is 0 Å². The van der Waals surface area contributed by atoms with Crippen LogP contribution in [0.2, 0.25) is 5.02 Å². The molecule has 3 N–H and O–H groups in total. The summed E-state index contributed by atoms with van der Waals surface area (Å²) in [6.07, 6.45) is 0. The summed E-state index contributed by atoms with van der Waals surface area (Å²) in [7, 11) is 0. The van der Waals surface area contributed by atoms with E-state index >= 15 is 0 Å². The van der Waals surface area contributed by atoms with E-state index in [1.807, 2.05) is 25.1 Å². The van der Waals surface area contributed by atoms with Crippen molar-refractivity contribution >= 4 is 68.7 Å². The number of carbonyl (C=O) groups excluding carboxylic acids is 2. The molecule has 3 aromatic rings. The van der Waals surface area contributed by atoms with E-state index in [0.717, 1.165) is 11.3 Å². The number of nitrogens with one attached hydrogen (secondary N) is 3. The second kappa shape index (κ2) is 9.18. The van der Waals surface area contributed by atoms with Crippen molar-refractivity contribution in [2.45, 2.75) is 11.3 Å². The van der Waals surface area contributed by atoms with Crippen LogP contribution in [0.1, 0.15) is 15.2 Å². The van der Waals surface area contributed by atoms with Crippen LogP contribution in [0.5, 0.6) is 0 Å². The molecule has 3 rings (SSSR count). The Balaban J connectivity index is 1.45. The number of nitrogens with zero attached hydrogens (tertiary/aromatic N) is 2. The molecule has 0 bridgehead atoms. The Bertz CT molecular complexity index is 945. The molecule has 11 heteroatoms. The van der Waals surface area contributed by atoms with Crippen LogP contribution < -0.4 is 16.2 Å². The summed E-state index contributed by atoms with van der Waals surface area (Å²) in [5, 5.41) is 14.3. The molecule has 0 aliphatic rings. The normalized spacial score (nSPS) is 10.4. The van der Waals surface area contributed by atoms with Crippen LogP contribution in [0, 0.1) is 6.92 Å². The van der Waals surface area contributed by atoms with Crippen molar-refractivity contribution in [3.63, 3.8) is 0 Å². The Morgan fingerprint density at radius 3 is 2.81 bits per heavy atom. The molecule has 7 nitrogen and oxygen atoms in total. The number of amides is 2. The number of aryl methyl sites for hydroxylation is 1. The van der Waals surface area contributed by atoms with Gasteiger partial charge in [0.25, 0.3) is 5.91 Å². The molecule has 0 radical (unpaired) electrons. The van der Waals surface area contributed by atoms with E-state index in [1.54, 1.807) is 17.5 Å². The second-order valence-electron chi connectivity index (χ2n) is 5.23. The number of hydrazine groups is 1. The van der Waals surface area contributed by atoms with E-state index in [0.29, 0.717) is 19.4 Å². The van der Waals surface area contributed by atoms with Crippen molar-refractivity contribution in [1.29, 1.82) is 0 Å². The number of rotatable bonds is 6. The highest BCUT2D eigenvalue weighted by atomic mass is 35.5. The van der Waals surface area contributed by atoms with Crippen LogP contribution in [0.15, 0.2) is 40.1 Å². The third-order valence-electron chi connectivity index (χ3n) is 3.22. The van der Waals surface area contributed by atoms with E-state index in [1.165, 1.54) is 34.4 Å². The molecule has 0 atom stereocenters. The summed E-state index contributed by atoms with van der Waals surface area (Å²) < 4.78 is 0.635. The first kappa shape index (κ1) is 19.6. The summed E-state index contributed by atoms with van der Waals surface area (Å²) in [5.74, 6) is -0.571. The number of halogens is 1. The molecule has 140 valence electrons. The Labute approximate surface area is 172 Å². The topological polar surface area (TPSA) is 96.0 Å². The molecule has 1 aromatic carbocycles. The molecule has 0 unspecified atom stereocenters. The van der Waals surface area contributed by atoms with Gasteiger partial charge in [0.15, 0.2) is 4.34 Å². The van der Waals surface area contributed by atoms with Gasteiger partial charge in [-0.05, 0) is 36.1 Å². The Kier molecular flexibility index (Phi) is 6.67. The van der Waals surface area contributed by atoms with Gasteiger partial charge in [0.05, 0.1) is 10.6 Å². The van der Waals surface area contributed by atoms with E-state index in [9.17, 15) is 9.59 Å². The monoisotopic (exact) mass is 439 g/mol. The van der Waals surface area contributed by atoms with Gasteiger partial charge in [-0.15, -0.1) is 21.5 Å². The Hall–Kier alpha value is -2.14. The SMILES string of the molecule is Cc1ccc(Nc2nnc(SCC(=O)NNC(=O)c3cccs3)s2)cc1Cl. The molecule has 0 aliphatic heterocycles. The summed E-state index contributed by atoms with van der Waals surface area (Å²) >= 11 is 9.96. The quantitative estimate of drug-likeness (QED) is 0.398. The van der Waals surface area contributed by atoms with Crippen molar-refractivity contribution in [3.05, 3.63) is 51.2 Å². The maximum absolute atomic E-state index is 11.8. The van der Waals surface area contributed by atoms with Gasteiger partial charge >= 0.3 is 0 Å². The fourth-order valence-corrected chi connectivity index (χ4v) is 4.24. The van der Waals surface area contributed by atoms with Crippen molar-refractivity contribution in [2.75, 3.05) is 11.1 Å². The van der Waals surface area contributed by atoms with Gasteiger partial charge in [0.1, 0.15) is 0 Å². The molecular weight excluding hydrogens is 426 g/mol. The first-order valence-electron chi connectivity index (χ1n) is 7.63. The van der Waals surface area contributed by atoms with Gasteiger partial charge in [-0.1, -0.05) is 46.8 Å². The van der Waals surface area contributed by atoms with E-state index in [4.69, 9.17) is 11.6 Å². The third-order valence-corrected chi connectivity index (χ3v) is 6.46.